The van der Waals surface area contributed by atoms with Gasteiger partial charge in [0.1, 0.15) is 17.7 Å². The van der Waals surface area contributed by atoms with Crippen LogP contribution in [0.15, 0.2) is 12.1 Å². The second kappa shape index (κ2) is 9.55. The number of alkyl carbamates (subject to hydrolysis) is 1. The molecule has 5 amide bonds. The number of likely N-dealkylation sites (tertiary alicyclic amines) is 1. The molecule has 0 bridgehead atoms. The Bertz CT molecular complexity index is 1060. The van der Waals surface area contributed by atoms with E-state index in [9.17, 15) is 28.0 Å². The number of carbonyl (C=O) groups excluding carboxylic acids is 4. The highest BCUT2D eigenvalue weighted by Crippen LogP contribution is 2.33. The van der Waals surface area contributed by atoms with Gasteiger partial charge in [0.2, 0.25) is 11.8 Å². The van der Waals surface area contributed by atoms with Crippen LogP contribution >= 0.6 is 0 Å². The first-order chi connectivity index (χ1) is 17.2. The van der Waals surface area contributed by atoms with Crippen LogP contribution in [-0.2, 0) is 14.3 Å². The summed E-state index contributed by atoms with van der Waals surface area (Å²) in [6.45, 7) is 2.15. The van der Waals surface area contributed by atoms with Gasteiger partial charge in [-0.25, -0.2) is 18.4 Å². The number of urea groups is 1. The van der Waals surface area contributed by atoms with E-state index in [4.69, 9.17) is 4.74 Å². The third-order valence-electron chi connectivity index (χ3n) is 7.17. The van der Waals surface area contributed by atoms with Gasteiger partial charge in [-0.3, -0.25) is 14.9 Å². The molecule has 36 heavy (non-hydrogen) atoms. The molecule has 10 nitrogen and oxygen atoms in total. The Morgan fingerprint density at radius 2 is 1.78 bits per heavy atom. The fourth-order valence-electron chi connectivity index (χ4n) is 4.86. The van der Waals surface area contributed by atoms with Crippen LogP contribution in [0.5, 0.6) is 0 Å². The quantitative estimate of drug-likeness (QED) is 0.568. The number of nitrogens with one attached hydrogen (secondary N) is 2. The standard InChI is InChI=1S/C24H29F2N5O5/c1-29(8-13-2-3-13)24(35)31-11-16(12-31)36-23(34)27-14-9-30(10-14)15-6-18(25)21(19(26)7-15)17-4-5-20(32)28-22(17)33/h6-7,13-14,16-17H,2-5,8-12H2,1H3,(H,27,34)(H,28,32,33). The van der Waals surface area contributed by atoms with Crippen LogP contribution < -0.4 is 15.5 Å². The zero-order chi connectivity index (χ0) is 25.6. The van der Waals surface area contributed by atoms with Crippen LogP contribution in [0.4, 0.5) is 24.1 Å². The molecule has 194 valence electrons. The Hall–Kier alpha value is -3.44. The van der Waals surface area contributed by atoms with Gasteiger partial charge in [-0.2, -0.15) is 0 Å². The number of halogens is 2. The number of hydrogen-bond acceptors (Lipinski definition) is 6. The summed E-state index contributed by atoms with van der Waals surface area (Å²) in [4.78, 5) is 52.9. The number of carbonyl (C=O) groups is 4. The maximum atomic E-state index is 14.7. The first kappa shape index (κ1) is 24.3. The van der Waals surface area contributed by atoms with Gasteiger partial charge in [-0.05, 0) is 37.3 Å². The molecule has 0 spiro atoms. The first-order valence-electron chi connectivity index (χ1n) is 12.2. The number of anilines is 1. The minimum Gasteiger partial charge on any atom is -0.442 e. The number of nitrogens with zero attached hydrogens (tertiary/aromatic N) is 3. The van der Waals surface area contributed by atoms with Crippen molar-refractivity contribution in [3.63, 3.8) is 0 Å². The fourth-order valence-corrected chi connectivity index (χ4v) is 4.86. The highest BCUT2D eigenvalue weighted by molar-refractivity contribution is 6.01. The molecule has 1 aromatic rings. The third kappa shape index (κ3) is 5.07. The van der Waals surface area contributed by atoms with E-state index in [1.54, 1.807) is 21.7 Å². The molecule has 0 radical (unpaired) electrons. The van der Waals surface area contributed by atoms with Crippen LogP contribution in [-0.4, -0.2) is 85.7 Å². The van der Waals surface area contributed by atoms with Crippen LogP contribution in [0.25, 0.3) is 0 Å². The molecule has 1 unspecified atom stereocenters. The smallest absolute Gasteiger partial charge is 0.407 e. The molecule has 12 heteroatoms. The molecular formula is C24H29F2N5O5. The predicted molar refractivity (Wildman–Crippen MR) is 123 cm³/mol. The lowest BCUT2D eigenvalue weighted by atomic mass is 9.89. The molecule has 4 fully saturated rings. The average Bonchev–Trinajstić information content (AvgIpc) is 3.57. The monoisotopic (exact) mass is 505 g/mol. The van der Waals surface area contributed by atoms with Crippen molar-refractivity contribution in [2.75, 3.05) is 44.7 Å². The topological polar surface area (TPSA) is 111 Å². The summed E-state index contributed by atoms with van der Waals surface area (Å²) in [6, 6.07) is 2.02. The second-order valence-electron chi connectivity index (χ2n) is 10.1. The molecule has 1 aliphatic carbocycles. The van der Waals surface area contributed by atoms with Gasteiger partial charge >= 0.3 is 12.1 Å². The summed E-state index contributed by atoms with van der Waals surface area (Å²) in [5, 5.41) is 4.84. The van der Waals surface area contributed by atoms with Crippen molar-refractivity contribution < 1.29 is 32.7 Å². The summed E-state index contributed by atoms with van der Waals surface area (Å²) in [6.07, 6.45) is 1.47. The van der Waals surface area contributed by atoms with Gasteiger partial charge in [0, 0.05) is 44.4 Å². The Morgan fingerprint density at radius 1 is 1.11 bits per heavy atom. The van der Waals surface area contributed by atoms with E-state index in [1.807, 2.05) is 0 Å². The van der Waals surface area contributed by atoms with Gasteiger partial charge < -0.3 is 24.8 Å². The number of amides is 5. The summed E-state index contributed by atoms with van der Waals surface area (Å²) in [7, 11) is 1.78. The first-order valence-corrected chi connectivity index (χ1v) is 12.2. The lowest BCUT2D eigenvalue weighted by Crippen LogP contribution is -2.62. The van der Waals surface area contributed by atoms with E-state index in [2.05, 4.69) is 10.6 Å². The molecule has 1 atom stereocenters. The second-order valence-corrected chi connectivity index (χ2v) is 10.1. The molecule has 3 aliphatic heterocycles. The minimum absolute atomic E-state index is 0.0271. The lowest BCUT2D eigenvalue weighted by molar-refractivity contribution is -0.134. The molecule has 1 saturated carbocycles. The predicted octanol–water partition coefficient (Wildman–Crippen LogP) is 1.55. The molecule has 5 rings (SSSR count). The van der Waals surface area contributed by atoms with Crippen molar-refractivity contribution in [1.82, 2.24) is 20.4 Å². The normalized spacial score (nSPS) is 22.5. The molecule has 3 heterocycles. The fraction of sp³-hybridized carbons (Fsp3) is 0.583. The summed E-state index contributed by atoms with van der Waals surface area (Å²) < 4.78 is 34.8. The minimum atomic E-state index is -1.05. The highest BCUT2D eigenvalue weighted by Gasteiger charge is 2.38. The van der Waals surface area contributed by atoms with Gasteiger partial charge in [0.15, 0.2) is 0 Å². The van der Waals surface area contributed by atoms with Crippen molar-refractivity contribution in [2.45, 2.75) is 43.7 Å². The Balaban J connectivity index is 1.06. The van der Waals surface area contributed by atoms with Crippen LogP contribution in [0.1, 0.15) is 37.2 Å². The van der Waals surface area contributed by atoms with Gasteiger partial charge in [0.25, 0.3) is 0 Å². The molecule has 4 aliphatic rings. The van der Waals surface area contributed by atoms with Crippen LogP contribution in [0.3, 0.4) is 0 Å². The van der Waals surface area contributed by atoms with E-state index in [0.717, 1.165) is 18.7 Å². The Morgan fingerprint density at radius 3 is 2.39 bits per heavy atom. The molecular weight excluding hydrogens is 476 g/mol. The maximum Gasteiger partial charge on any atom is 0.407 e. The van der Waals surface area contributed by atoms with Crippen molar-refractivity contribution in [3.05, 3.63) is 29.3 Å². The lowest BCUT2D eigenvalue weighted by Gasteiger charge is -2.43. The Labute approximate surface area is 206 Å². The number of benzene rings is 1. The molecule has 0 aromatic heterocycles. The molecule has 2 N–H and O–H groups in total. The van der Waals surface area contributed by atoms with Gasteiger partial charge in [-0.15, -0.1) is 0 Å². The van der Waals surface area contributed by atoms with E-state index in [-0.39, 0.29) is 36.6 Å². The SMILES string of the molecule is CN(CC1CC1)C(=O)N1CC(OC(=O)NC2CN(c3cc(F)c(C4CCC(=O)NC4=O)c(F)c3)C2)C1. The largest absolute Gasteiger partial charge is 0.442 e. The van der Waals surface area contributed by atoms with Crippen molar-refractivity contribution in [2.24, 2.45) is 5.92 Å². The van der Waals surface area contributed by atoms with Crippen LogP contribution in [0.2, 0.25) is 0 Å². The van der Waals surface area contributed by atoms with Crippen molar-refractivity contribution in [3.8, 4) is 0 Å². The number of hydrogen-bond donors (Lipinski definition) is 2. The summed E-state index contributed by atoms with van der Waals surface area (Å²) in [5.74, 6) is -3.28. The van der Waals surface area contributed by atoms with Gasteiger partial charge in [-0.1, -0.05) is 0 Å². The third-order valence-corrected chi connectivity index (χ3v) is 7.17. The van der Waals surface area contributed by atoms with E-state index < -0.39 is 35.5 Å². The average molecular weight is 506 g/mol. The molecule has 1 aromatic carbocycles. The Kier molecular flexibility index (Phi) is 6.44. The zero-order valence-corrected chi connectivity index (χ0v) is 20.0. The van der Waals surface area contributed by atoms with E-state index >= 15 is 0 Å². The van der Waals surface area contributed by atoms with Crippen LogP contribution in [0, 0.1) is 17.6 Å². The maximum absolute atomic E-state index is 14.7. The highest BCUT2D eigenvalue weighted by atomic mass is 19.1. The number of ether oxygens (including phenoxy) is 1. The zero-order valence-electron chi connectivity index (χ0n) is 20.0. The van der Waals surface area contributed by atoms with Gasteiger partial charge in [0.05, 0.1) is 25.0 Å². The number of rotatable bonds is 6. The number of piperidine rings is 1. The summed E-state index contributed by atoms with van der Waals surface area (Å²) in [5.41, 5.74) is -0.0368. The number of imide groups is 1. The van der Waals surface area contributed by atoms with E-state index in [0.29, 0.717) is 37.8 Å². The van der Waals surface area contributed by atoms with Crippen molar-refractivity contribution >= 4 is 29.6 Å². The molecule has 3 saturated heterocycles. The van der Waals surface area contributed by atoms with Crippen molar-refractivity contribution in [1.29, 1.82) is 0 Å². The summed E-state index contributed by atoms with van der Waals surface area (Å²) >= 11 is 0. The van der Waals surface area contributed by atoms with E-state index in [1.165, 1.54) is 12.8 Å².